The minimum atomic E-state index is 0.0883. The Morgan fingerprint density at radius 3 is 2.24 bits per heavy atom. The summed E-state index contributed by atoms with van der Waals surface area (Å²) in [6, 6.07) is 5.36. The second-order valence-corrected chi connectivity index (χ2v) is 5.74. The molecular formula is C17H21NO3. The summed E-state index contributed by atoms with van der Waals surface area (Å²) in [4.78, 5) is 14.6. The minimum absolute atomic E-state index is 0.0883. The first-order valence-electron chi connectivity index (χ1n) is 7.39. The molecule has 0 N–H and O–H groups in total. The van der Waals surface area contributed by atoms with Crippen LogP contribution in [0.15, 0.2) is 30.4 Å². The molecule has 1 aromatic rings. The lowest BCUT2D eigenvalue weighted by Gasteiger charge is -2.17. The number of carbonyl (C=O) groups excluding carboxylic acids is 1. The van der Waals surface area contributed by atoms with Gasteiger partial charge in [0.25, 0.3) is 5.91 Å². The molecule has 21 heavy (non-hydrogen) atoms. The SMILES string of the molecule is COc1ccc(C(=O)N2CC3CC=CCC3C2)cc1OC. The maximum absolute atomic E-state index is 12.7. The van der Waals surface area contributed by atoms with E-state index in [9.17, 15) is 4.79 Å². The summed E-state index contributed by atoms with van der Waals surface area (Å²) >= 11 is 0. The Kier molecular flexibility index (Phi) is 3.86. The van der Waals surface area contributed by atoms with Gasteiger partial charge in [0.05, 0.1) is 14.2 Å². The Morgan fingerprint density at radius 2 is 1.67 bits per heavy atom. The first-order chi connectivity index (χ1) is 10.2. The summed E-state index contributed by atoms with van der Waals surface area (Å²) in [7, 11) is 3.18. The molecule has 0 aromatic heterocycles. The standard InChI is InChI=1S/C17H21NO3/c1-20-15-8-7-12(9-16(15)21-2)17(19)18-10-13-5-3-4-6-14(13)11-18/h3-4,7-9,13-14H,5-6,10-11H2,1-2H3. The van der Waals surface area contributed by atoms with Crippen LogP contribution in [0, 0.1) is 11.8 Å². The highest BCUT2D eigenvalue weighted by atomic mass is 16.5. The molecule has 1 amide bonds. The molecule has 1 heterocycles. The van der Waals surface area contributed by atoms with Crippen LogP contribution in [0.2, 0.25) is 0 Å². The number of nitrogens with zero attached hydrogens (tertiary/aromatic N) is 1. The molecule has 1 aliphatic carbocycles. The van der Waals surface area contributed by atoms with Gasteiger partial charge in [-0.3, -0.25) is 4.79 Å². The van der Waals surface area contributed by atoms with Crippen LogP contribution in [0.1, 0.15) is 23.2 Å². The van der Waals surface area contributed by atoms with Gasteiger partial charge in [-0.15, -0.1) is 0 Å². The Balaban J connectivity index is 1.77. The fourth-order valence-corrected chi connectivity index (χ4v) is 3.33. The maximum Gasteiger partial charge on any atom is 0.254 e. The normalized spacial score (nSPS) is 23.8. The van der Waals surface area contributed by atoms with Crippen molar-refractivity contribution >= 4 is 5.91 Å². The Bertz CT molecular complexity index is 551. The van der Waals surface area contributed by atoms with Crippen molar-refractivity contribution in [3.05, 3.63) is 35.9 Å². The highest BCUT2D eigenvalue weighted by Crippen LogP contribution is 2.34. The number of benzene rings is 1. The summed E-state index contributed by atoms with van der Waals surface area (Å²) in [5, 5.41) is 0. The molecule has 2 unspecified atom stereocenters. The molecule has 2 aliphatic rings. The fourth-order valence-electron chi connectivity index (χ4n) is 3.33. The van der Waals surface area contributed by atoms with Crippen molar-refractivity contribution in [3.8, 4) is 11.5 Å². The van der Waals surface area contributed by atoms with Gasteiger partial charge >= 0.3 is 0 Å². The van der Waals surface area contributed by atoms with E-state index in [1.54, 1.807) is 26.4 Å². The third kappa shape index (κ3) is 2.62. The van der Waals surface area contributed by atoms with Crippen molar-refractivity contribution < 1.29 is 14.3 Å². The quantitative estimate of drug-likeness (QED) is 0.802. The van der Waals surface area contributed by atoms with E-state index in [1.807, 2.05) is 11.0 Å². The Labute approximate surface area is 125 Å². The van der Waals surface area contributed by atoms with Crippen molar-refractivity contribution in [1.29, 1.82) is 0 Å². The third-order valence-electron chi connectivity index (χ3n) is 4.54. The number of methoxy groups -OCH3 is 2. The van der Waals surface area contributed by atoms with Gasteiger partial charge in [-0.25, -0.2) is 0 Å². The molecule has 2 atom stereocenters. The molecule has 0 saturated carbocycles. The minimum Gasteiger partial charge on any atom is -0.493 e. The molecule has 0 spiro atoms. The summed E-state index contributed by atoms with van der Waals surface area (Å²) in [5.74, 6) is 2.58. The van der Waals surface area contributed by atoms with Crippen LogP contribution in [0.3, 0.4) is 0 Å². The first kappa shape index (κ1) is 14.0. The van der Waals surface area contributed by atoms with Gasteiger partial charge in [-0.1, -0.05) is 12.2 Å². The van der Waals surface area contributed by atoms with Gasteiger partial charge in [0.15, 0.2) is 11.5 Å². The summed E-state index contributed by atoms with van der Waals surface area (Å²) < 4.78 is 10.5. The zero-order valence-electron chi connectivity index (χ0n) is 12.5. The fraction of sp³-hybridized carbons (Fsp3) is 0.471. The van der Waals surface area contributed by atoms with Gasteiger partial charge in [-0.05, 0) is 42.9 Å². The maximum atomic E-state index is 12.7. The van der Waals surface area contributed by atoms with E-state index in [-0.39, 0.29) is 5.91 Å². The number of amides is 1. The van der Waals surface area contributed by atoms with Gasteiger partial charge < -0.3 is 14.4 Å². The number of fused-ring (bicyclic) bond motifs is 1. The number of hydrogen-bond donors (Lipinski definition) is 0. The van der Waals surface area contributed by atoms with E-state index >= 15 is 0 Å². The second kappa shape index (κ2) is 5.80. The topological polar surface area (TPSA) is 38.8 Å². The monoisotopic (exact) mass is 287 g/mol. The van der Waals surface area contributed by atoms with Crippen LogP contribution in [0.4, 0.5) is 0 Å². The third-order valence-corrected chi connectivity index (χ3v) is 4.54. The van der Waals surface area contributed by atoms with Crippen molar-refractivity contribution in [2.45, 2.75) is 12.8 Å². The van der Waals surface area contributed by atoms with Gasteiger partial charge in [0, 0.05) is 18.7 Å². The predicted molar refractivity (Wildman–Crippen MR) is 80.8 cm³/mol. The van der Waals surface area contributed by atoms with Crippen LogP contribution in [0.5, 0.6) is 11.5 Å². The zero-order chi connectivity index (χ0) is 14.8. The van der Waals surface area contributed by atoms with Crippen LogP contribution in [0.25, 0.3) is 0 Å². The van der Waals surface area contributed by atoms with Crippen LogP contribution < -0.4 is 9.47 Å². The van der Waals surface area contributed by atoms with Crippen molar-refractivity contribution in [3.63, 3.8) is 0 Å². The molecule has 1 saturated heterocycles. The molecule has 1 aliphatic heterocycles. The van der Waals surface area contributed by atoms with E-state index in [0.29, 0.717) is 28.9 Å². The van der Waals surface area contributed by atoms with Crippen LogP contribution in [-0.4, -0.2) is 38.1 Å². The smallest absolute Gasteiger partial charge is 0.254 e. The highest BCUT2D eigenvalue weighted by Gasteiger charge is 2.35. The van der Waals surface area contributed by atoms with E-state index in [4.69, 9.17) is 9.47 Å². The summed E-state index contributed by atoms with van der Waals surface area (Å²) in [6.45, 7) is 1.73. The predicted octanol–water partition coefficient (Wildman–Crippen LogP) is 2.74. The first-order valence-corrected chi connectivity index (χ1v) is 7.39. The number of ether oxygens (including phenoxy) is 2. The van der Waals surface area contributed by atoms with Crippen LogP contribution in [-0.2, 0) is 0 Å². The molecule has 1 aromatic carbocycles. The molecule has 0 radical (unpaired) electrons. The van der Waals surface area contributed by atoms with E-state index in [2.05, 4.69) is 12.2 Å². The average Bonchev–Trinajstić information content (AvgIpc) is 2.97. The number of allylic oxidation sites excluding steroid dienone is 2. The van der Waals surface area contributed by atoms with Gasteiger partial charge in [-0.2, -0.15) is 0 Å². The molecule has 1 fully saturated rings. The van der Waals surface area contributed by atoms with Crippen LogP contribution >= 0.6 is 0 Å². The van der Waals surface area contributed by atoms with Gasteiger partial charge in [0.1, 0.15) is 0 Å². The van der Waals surface area contributed by atoms with Crippen molar-refractivity contribution in [1.82, 2.24) is 4.90 Å². The average molecular weight is 287 g/mol. The number of rotatable bonds is 3. The largest absolute Gasteiger partial charge is 0.493 e. The number of carbonyl (C=O) groups is 1. The lowest BCUT2D eigenvalue weighted by molar-refractivity contribution is 0.0784. The molecule has 4 nitrogen and oxygen atoms in total. The Morgan fingerprint density at radius 1 is 1.05 bits per heavy atom. The van der Waals surface area contributed by atoms with Crippen molar-refractivity contribution in [2.24, 2.45) is 11.8 Å². The van der Waals surface area contributed by atoms with E-state index < -0.39 is 0 Å². The molecule has 0 bridgehead atoms. The molecule has 112 valence electrons. The van der Waals surface area contributed by atoms with E-state index in [1.165, 1.54) is 0 Å². The van der Waals surface area contributed by atoms with Gasteiger partial charge in [0.2, 0.25) is 0 Å². The zero-order valence-corrected chi connectivity index (χ0v) is 12.5. The van der Waals surface area contributed by atoms with E-state index in [0.717, 1.165) is 25.9 Å². The van der Waals surface area contributed by atoms with Crippen molar-refractivity contribution in [2.75, 3.05) is 27.3 Å². The summed E-state index contributed by atoms with van der Waals surface area (Å²) in [5.41, 5.74) is 0.666. The lowest BCUT2D eigenvalue weighted by atomic mass is 9.86. The molecular weight excluding hydrogens is 266 g/mol. The number of hydrogen-bond acceptors (Lipinski definition) is 3. The number of likely N-dealkylation sites (tertiary alicyclic amines) is 1. The second-order valence-electron chi connectivity index (χ2n) is 5.74. The Hall–Kier alpha value is -1.97. The molecule has 3 rings (SSSR count). The molecule has 4 heteroatoms. The lowest BCUT2D eigenvalue weighted by Crippen LogP contribution is -2.29. The highest BCUT2D eigenvalue weighted by molar-refractivity contribution is 5.95. The summed E-state index contributed by atoms with van der Waals surface area (Å²) in [6.07, 6.45) is 6.68.